The van der Waals surface area contributed by atoms with Crippen molar-refractivity contribution in [2.24, 2.45) is 64.1 Å². The smallest absolute Gasteiger partial charge is 0.306 e. The van der Waals surface area contributed by atoms with Crippen LogP contribution in [0.5, 0.6) is 0 Å². The molecule has 0 spiro atoms. The lowest BCUT2D eigenvalue weighted by molar-refractivity contribution is -0.154. The Balaban J connectivity index is 1.06. The lowest BCUT2D eigenvalue weighted by Crippen LogP contribution is -2.51. The second-order valence-electron chi connectivity index (χ2n) is 16.9. The van der Waals surface area contributed by atoms with Crippen molar-refractivity contribution in [1.82, 2.24) is 4.90 Å². The molecule has 0 aromatic carbocycles. The standard InChI is InChI=1S/C38H63NO2/c1-7-27(25(2)3)9-8-26(4)33-12-13-34-32-11-10-30-23-31(14-18-37(30,5)35(32)15-19-38(33,34)6)41-36(40)22-29-24-39-20-16-28(29)17-21-39/h10,25-29,31-35H,7-9,11-24H2,1-6H3/t26-,27?,29?,31?,32?,33?,34?,35?,37?,38?/m1/s1. The highest BCUT2D eigenvalue weighted by molar-refractivity contribution is 5.70. The highest BCUT2D eigenvalue weighted by Gasteiger charge is 2.59. The molecule has 0 radical (unpaired) electrons. The number of nitrogens with zero attached hydrogens (tertiary/aromatic N) is 1. The van der Waals surface area contributed by atoms with Gasteiger partial charge in [-0.1, -0.05) is 66.0 Å². The van der Waals surface area contributed by atoms with Gasteiger partial charge in [0.1, 0.15) is 6.10 Å². The molecule has 10 atom stereocenters. The van der Waals surface area contributed by atoms with Crippen LogP contribution in [-0.2, 0) is 9.53 Å². The van der Waals surface area contributed by atoms with Crippen LogP contribution in [-0.4, -0.2) is 36.6 Å². The molecule has 3 heterocycles. The van der Waals surface area contributed by atoms with Gasteiger partial charge in [0.05, 0.1) is 0 Å². The molecule has 2 bridgehead atoms. The minimum atomic E-state index is 0.0878. The minimum absolute atomic E-state index is 0.0878. The zero-order valence-corrected chi connectivity index (χ0v) is 27.6. The molecule has 0 N–H and O–H groups in total. The predicted octanol–water partition coefficient (Wildman–Crippen LogP) is 9.31. The average Bonchev–Trinajstić information content (AvgIpc) is 3.31. The maximum atomic E-state index is 13.0. The molecule has 7 aliphatic rings. The molecule has 3 saturated carbocycles. The number of ether oxygens (including phenoxy) is 1. The van der Waals surface area contributed by atoms with E-state index in [0.717, 1.165) is 66.7 Å². The molecule has 3 saturated heterocycles. The molecule has 7 rings (SSSR count). The number of fused-ring (bicyclic) bond motifs is 8. The highest BCUT2D eigenvalue weighted by Crippen LogP contribution is 2.67. The molecule has 9 unspecified atom stereocenters. The van der Waals surface area contributed by atoms with Crippen LogP contribution in [0.2, 0.25) is 0 Å². The van der Waals surface area contributed by atoms with Gasteiger partial charge in [-0.15, -0.1) is 0 Å². The van der Waals surface area contributed by atoms with Crippen LogP contribution in [0.25, 0.3) is 0 Å². The molecular formula is C38H63NO2. The molecule has 3 nitrogen and oxygen atoms in total. The van der Waals surface area contributed by atoms with Crippen molar-refractivity contribution in [3.05, 3.63) is 11.6 Å². The van der Waals surface area contributed by atoms with E-state index < -0.39 is 0 Å². The number of carbonyl (C=O) groups excluding carboxylic acids is 1. The van der Waals surface area contributed by atoms with Crippen molar-refractivity contribution in [3.8, 4) is 0 Å². The van der Waals surface area contributed by atoms with E-state index in [-0.39, 0.29) is 12.1 Å². The molecule has 3 heteroatoms. The third-order valence-electron chi connectivity index (χ3n) is 14.8. The van der Waals surface area contributed by atoms with Crippen LogP contribution >= 0.6 is 0 Å². The van der Waals surface area contributed by atoms with Gasteiger partial charge in [-0.25, -0.2) is 0 Å². The molecule has 4 aliphatic carbocycles. The number of allylic oxidation sites excluding steroid dienone is 1. The zero-order valence-electron chi connectivity index (χ0n) is 27.6. The Labute approximate surface area is 253 Å². The first-order valence-electron chi connectivity index (χ1n) is 18.2. The SMILES string of the molecule is CCC(CC[C@@H](C)C1CCC2C3CC=C4CC(OC(=O)CC5CN6CCC5CC6)CCC4(C)C3CCC21C)C(C)C. The van der Waals surface area contributed by atoms with E-state index in [1.807, 2.05) is 0 Å². The van der Waals surface area contributed by atoms with Crippen molar-refractivity contribution >= 4 is 5.97 Å². The van der Waals surface area contributed by atoms with Crippen molar-refractivity contribution in [3.63, 3.8) is 0 Å². The lowest BCUT2D eigenvalue weighted by Gasteiger charge is -2.58. The Morgan fingerprint density at radius 3 is 2.46 bits per heavy atom. The lowest BCUT2D eigenvalue weighted by atomic mass is 9.47. The Kier molecular flexibility index (Phi) is 8.79. The molecule has 41 heavy (non-hydrogen) atoms. The number of esters is 1. The summed E-state index contributed by atoms with van der Waals surface area (Å²) >= 11 is 0. The van der Waals surface area contributed by atoms with E-state index in [2.05, 4.69) is 52.5 Å². The van der Waals surface area contributed by atoms with E-state index in [1.165, 1.54) is 83.7 Å². The van der Waals surface area contributed by atoms with Crippen LogP contribution in [0, 0.1) is 64.1 Å². The summed E-state index contributed by atoms with van der Waals surface area (Å²) in [5.41, 5.74) is 2.53. The maximum absolute atomic E-state index is 13.0. The van der Waals surface area contributed by atoms with E-state index in [0.29, 0.717) is 23.2 Å². The summed E-state index contributed by atoms with van der Waals surface area (Å²) in [5.74, 6) is 7.50. The summed E-state index contributed by atoms with van der Waals surface area (Å²) in [6.45, 7) is 18.8. The van der Waals surface area contributed by atoms with Gasteiger partial charge < -0.3 is 9.64 Å². The van der Waals surface area contributed by atoms with Crippen molar-refractivity contribution < 1.29 is 9.53 Å². The minimum Gasteiger partial charge on any atom is -0.462 e. The quantitative estimate of drug-likeness (QED) is 0.206. The van der Waals surface area contributed by atoms with Crippen molar-refractivity contribution in [1.29, 1.82) is 0 Å². The van der Waals surface area contributed by atoms with Crippen molar-refractivity contribution in [2.75, 3.05) is 19.6 Å². The van der Waals surface area contributed by atoms with Gasteiger partial charge in [0.25, 0.3) is 0 Å². The number of piperidine rings is 3. The summed E-state index contributed by atoms with van der Waals surface area (Å²) in [6.07, 6.45) is 20.5. The van der Waals surface area contributed by atoms with Crippen molar-refractivity contribution in [2.45, 2.75) is 138 Å². The van der Waals surface area contributed by atoms with Gasteiger partial charge >= 0.3 is 5.97 Å². The van der Waals surface area contributed by atoms with E-state index in [9.17, 15) is 4.79 Å². The van der Waals surface area contributed by atoms with Gasteiger partial charge in [0.15, 0.2) is 0 Å². The molecule has 0 aromatic heterocycles. The summed E-state index contributed by atoms with van der Waals surface area (Å²) in [6, 6.07) is 0. The van der Waals surface area contributed by atoms with Crippen LogP contribution in [0.1, 0.15) is 131 Å². The number of hydrogen-bond donors (Lipinski definition) is 0. The number of carbonyl (C=O) groups is 1. The Hall–Kier alpha value is -0.830. The van der Waals surface area contributed by atoms with E-state index in [4.69, 9.17) is 4.74 Å². The third kappa shape index (κ3) is 5.62. The second-order valence-corrected chi connectivity index (χ2v) is 16.9. The fourth-order valence-corrected chi connectivity index (χ4v) is 12.2. The van der Waals surface area contributed by atoms with Gasteiger partial charge in [-0.05, 0) is 141 Å². The molecule has 232 valence electrons. The first-order chi connectivity index (χ1) is 19.6. The summed E-state index contributed by atoms with van der Waals surface area (Å²) < 4.78 is 6.22. The van der Waals surface area contributed by atoms with Gasteiger partial charge in [0.2, 0.25) is 0 Å². The van der Waals surface area contributed by atoms with Crippen LogP contribution in [0.15, 0.2) is 11.6 Å². The Morgan fingerprint density at radius 1 is 1.00 bits per heavy atom. The predicted molar refractivity (Wildman–Crippen MR) is 169 cm³/mol. The molecule has 3 aliphatic heterocycles. The average molecular weight is 566 g/mol. The summed E-state index contributed by atoms with van der Waals surface area (Å²) in [7, 11) is 0. The fourth-order valence-electron chi connectivity index (χ4n) is 12.2. The molecule has 0 amide bonds. The topological polar surface area (TPSA) is 29.5 Å². The third-order valence-corrected chi connectivity index (χ3v) is 14.8. The fraction of sp³-hybridized carbons (Fsp3) is 0.921. The number of rotatable bonds is 9. The maximum Gasteiger partial charge on any atom is 0.306 e. The first kappa shape index (κ1) is 30.2. The molecular weight excluding hydrogens is 502 g/mol. The van der Waals surface area contributed by atoms with Crippen LogP contribution in [0.3, 0.4) is 0 Å². The van der Waals surface area contributed by atoms with Gasteiger partial charge in [-0.2, -0.15) is 0 Å². The largest absolute Gasteiger partial charge is 0.462 e. The van der Waals surface area contributed by atoms with Gasteiger partial charge in [-0.3, -0.25) is 4.79 Å². The van der Waals surface area contributed by atoms with E-state index >= 15 is 0 Å². The second kappa shape index (κ2) is 11.9. The Bertz CT molecular complexity index is 963. The molecule has 0 aromatic rings. The Morgan fingerprint density at radius 2 is 1.78 bits per heavy atom. The number of hydrogen-bond acceptors (Lipinski definition) is 3. The normalized spacial score (nSPS) is 44.9. The first-order valence-corrected chi connectivity index (χ1v) is 18.2. The summed E-state index contributed by atoms with van der Waals surface area (Å²) in [5, 5.41) is 0. The van der Waals surface area contributed by atoms with Crippen LogP contribution in [0.4, 0.5) is 0 Å². The monoisotopic (exact) mass is 565 g/mol. The highest BCUT2D eigenvalue weighted by atomic mass is 16.5. The van der Waals surface area contributed by atoms with Crippen LogP contribution < -0.4 is 0 Å². The zero-order chi connectivity index (χ0) is 28.9. The van der Waals surface area contributed by atoms with Gasteiger partial charge in [0, 0.05) is 19.4 Å². The summed E-state index contributed by atoms with van der Waals surface area (Å²) in [4.78, 5) is 15.6. The van der Waals surface area contributed by atoms with E-state index in [1.54, 1.807) is 5.57 Å². The molecule has 6 fully saturated rings.